The predicted molar refractivity (Wildman–Crippen MR) is 126 cm³/mol. The van der Waals surface area contributed by atoms with Crippen molar-refractivity contribution < 1.29 is 24.3 Å². The van der Waals surface area contributed by atoms with Crippen LogP contribution in [0.2, 0.25) is 0 Å². The normalized spacial score (nSPS) is 28.1. The van der Waals surface area contributed by atoms with Crippen molar-refractivity contribution in [2.75, 3.05) is 26.2 Å². The molecule has 0 aromatic heterocycles. The number of hydrogen-bond acceptors (Lipinski definition) is 6. The average Bonchev–Trinajstić information content (AvgIpc) is 3.30. The van der Waals surface area contributed by atoms with E-state index < -0.39 is 12.0 Å². The van der Waals surface area contributed by atoms with E-state index in [4.69, 9.17) is 10.8 Å². The summed E-state index contributed by atoms with van der Waals surface area (Å²) in [5, 5.41) is 9.11. The van der Waals surface area contributed by atoms with E-state index in [2.05, 4.69) is 4.90 Å². The second kappa shape index (κ2) is 10.8. The highest BCUT2D eigenvalue weighted by molar-refractivity contribution is 5.92. The van der Waals surface area contributed by atoms with Gasteiger partial charge in [0.05, 0.1) is 18.2 Å². The fourth-order valence-electron chi connectivity index (χ4n) is 5.77. The lowest BCUT2D eigenvalue weighted by atomic mass is 9.81. The number of carbonyl (C=O) groups excluding carboxylic acids is 3. The Labute approximate surface area is 200 Å². The lowest BCUT2D eigenvalue weighted by Crippen LogP contribution is -2.46. The SMILES string of the molecule is NCC1CCC(C(=O)N2C[C@@H](N3CCCC(=O)C3)C[C@H]2C(=O)Cc2ccc(C(=O)O)cc2)CC1. The maximum atomic E-state index is 13.6. The molecular formula is C26H35N3O5. The first-order valence-corrected chi connectivity index (χ1v) is 12.5. The molecule has 2 heterocycles. The van der Waals surface area contributed by atoms with Crippen molar-refractivity contribution in [2.24, 2.45) is 17.6 Å². The molecule has 4 rings (SSSR count). The number of carboxylic acid groups (broad SMARTS) is 1. The van der Waals surface area contributed by atoms with E-state index in [9.17, 15) is 19.2 Å². The third-order valence-electron chi connectivity index (χ3n) is 7.84. The first-order valence-electron chi connectivity index (χ1n) is 12.5. The predicted octanol–water partition coefficient (Wildman–Crippen LogP) is 1.90. The molecule has 0 unspecified atom stereocenters. The van der Waals surface area contributed by atoms with E-state index in [1.165, 1.54) is 12.1 Å². The number of aromatic carboxylic acids is 1. The van der Waals surface area contributed by atoms with Crippen LogP contribution in [-0.2, 0) is 20.8 Å². The Morgan fingerprint density at radius 3 is 2.38 bits per heavy atom. The Balaban J connectivity index is 1.48. The van der Waals surface area contributed by atoms with Gasteiger partial charge in [-0.25, -0.2) is 4.79 Å². The Morgan fingerprint density at radius 1 is 1.06 bits per heavy atom. The molecule has 1 aromatic rings. The van der Waals surface area contributed by atoms with Gasteiger partial charge in [0.1, 0.15) is 5.78 Å². The van der Waals surface area contributed by atoms with E-state index in [1.54, 1.807) is 17.0 Å². The van der Waals surface area contributed by atoms with E-state index >= 15 is 0 Å². The van der Waals surface area contributed by atoms with Gasteiger partial charge in [0, 0.05) is 31.3 Å². The van der Waals surface area contributed by atoms with Gasteiger partial charge in [0.25, 0.3) is 0 Å². The molecule has 2 saturated heterocycles. The Kier molecular flexibility index (Phi) is 7.78. The second-order valence-electron chi connectivity index (χ2n) is 10.1. The molecular weight excluding hydrogens is 434 g/mol. The van der Waals surface area contributed by atoms with Crippen molar-refractivity contribution >= 4 is 23.4 Å². The number of piperidine rings is 1. The maximum absolute atomic E-state index is 13.6. The van der Waals surface area contributed by atoms with Crippen LogP contribution in [-0.4, -0.2) is 76.6 Å². The quantitative estimate of drug-likeness (QED) is 0.625. The highest BCUT2D eigenvalue weighted by Gasteiger charge is 2.44. The van der Waals surface area contributed by atoms with Crippen LogP contribution in [0.5, 0.6) is 0 Å². The number of ketones is 2. The van der Waals surface area contributed by atoms with Gasteiger partial charge in [0.15, 0.2) is 5.78 Å². The summed E-state index contributed by atoms with van der Waals surface area (Å²) < 4.78 is 0. The number of carbonyl (C=O) groups is 4. The van der Waals surface area contributed by atoms with Crippen molar-refractivity contribution in [1.29, 1.82) is 0 Å². The lowest BCUT2D eigenvalue weighted by Gasteiger charge is -2.33. The molecule has 0 bridgehead atoms. The zero-order chi connectivity index (χ0) is 24.2. The van der Waals surface area contributed by atoms with Gasteiger partial charge in [-0.3, -0.25) is 19.3 Å². The standard InChI is InChI=1S/C26H35N3O5/c27-14-18-5-7-19(8-6-18)25(32)29-15-21(28-11-1-2-22(30)16-28)13-23(29)24(31)12-17-3-9-20(10-4-17)26(33)34/h3-4,9-10,18-19,21,23H,1-2,5-8,11-16,27H2,(H,33,34)/t18?,19?,21-,23-/m0/s1. The molecule has 184 valence electrons. The van der Waals surface area contributed by atoms with Crippen molar-refractivity contribution in [3.8, 4) is 0 Å². The number of rotatable bonds is 7. The Bertz CT molecular complexity index is 923. The molecule has 3 fully saturated rings. The zero-order valence-corrected chi connectivity index (χ0v) is 19.7. The Hall–Kier alpha value is -2.58. The van der Waals surface area contributed by atoms with Gasteiger partial charge >= 0.3 is 5.97 Å². The largest absolute Gasteiger partial charge is 0.478 e. The van der Waals surface area contributed by atoms with E-state index in [0.29, 0.717) is 38.4 Å². The number of likely N-dealkylation sites (tertiary alicyclic amines) is 2. The van der Waals surface area contributed by atoms with Gasteiger partial charge in [-0.2, -0.15) is 0 Å². The number of amides is 1. The monoisotopic (exact) mass is 469 g/mol. The zero-order valence-electron chi connectivity index (χ0n) is 19.7. The summed E-state index contributed by atoms with van der Waals surface area (Å²) in [7, 11) is 0. The number of nitrogens with zero attached hydrogens (tertiary/aromatic N) is 2. The van der Waals surface area contributed by atoms with Gasteiger partial charge in [-0.05, 0) is 75.2 Å². The third-order valence-corrected chi connectivity index (χ3v) is 7.84. The van der Waals surface area contributed by atoms with Crippen molar-refractivity contribution in [3.05, 3.63) is 35.4 Å². The number of carboxylic acids is 1. The molecule has 1 aromatic carbocycles. The molecule has 34 heavy (non-hydrogen) atoms. The first kappa shape index (κ1) is 24.5. The molecule has 8 heteroatoms. The number of nitrogens with two attached hydrogens (primary N) is 1. The number of benzene rings is 1. The van der Waals surface area contributed by atoms with Gasteiger partial charge < -0.3 is 15.7 Å². The molecule has 3 aliphatic rings. The molecule has 1 amide bonds. The molecule has 1 saturated carbocycles. The van der Waals surface area contributed by atoms with Crippen LogP contribution in [0.1, 0.15) is 60.9 Å². The molecule has 2 aliphatic heterocycles. The van der Waals surface area contributed by atoms with Crippen LogP contribution < -0.4 is 5.73 Å². The molecule has 1 aliphatic carbocycles. The summed E-state index contributed by atoms with van der Waals surface area (Å²) in [6, 6.07) is 5.83. The van der Waals surface area contributed by atoms with Crippen LogP contribution >= 0.6 is 0 Å². The second-order valence-corrected chi connectivity index (χ2v) is 10.1. The summed E-state index contributed by atoms with van der Waals surface area (Å²) >= 11 is 0. The molecule has 0 radical (unpaired) electrons. The van der Waals surface area contributed by atoms with Gasteiger partial charge in [-0.15, -0.1) is 0 Å². The highest BCUT2D eigenvalue weighted by Crippen LogP contribution is 2.33. The summed E-state index contributed by atoms with van der Waals surface area (Å²) in [5.74, 6) is -0.360. The highest BCUT2D eigenvalue weighted by atomic mass is 16.4. The minimum atomic E-state index is -1.01. The van der Waals surface area contributed by atoms with E-state index in [1.807, 2.05) is 0 Å². The van der Waals surface area contributed by atoms with E-state index in [0.717, 1.165) is 44.2 Å². The summed E-state index contributed by atoms with van der Waals surface area (Å²) in [5.41, 5.74) is 6.73. The topological polar surface area (TPSA) is 121 Å². The fraction of sp³-hybridized carbons (Fsp3) is 0.615. The van der Waals surface area contributed by atoms with Crippen LogP contribution in [0.4, 0.5) is 0 Å². The summed E-state index contributed by atoms with van der Waals surface area (Å²) in [6.07, 6.45) is 5.62. The average molecular weight is 470 g/mol. The minimum absolute atomic E-state index is 0.0110. The van der Waals surface area contributed by atoms with E-state index in [-0.39, 0.29) is 41.4 Å². The molecule has 3 N–H and O–H groups in total. The minimum Gasteiger partial charge on any atom is -0.478 e. The maximum Gasteiger partial charge on any atom is 0.335 e. The van der Waals surface area contributed by atoms with Gasteiger partial charge in [0.2, 0.25) is 5.91 Å². The molecule has 8 nitrogen and oxygen atoms in total. The van der Waals surface area contributed by atoms with Gasteiger partial charge in [-0.1, -0.05) is 12.1 Å². The summed E-state index contributed by atoms with van der Waals surface area (Å²) in [4.78, 5) is 54.1. The van der Waals surface area contributed by atoms with Crippen LogP contribution in [0.3, 0.4) is 0 Å². The smallest absolute Gasteiger partial charge is 0.335 e. The van der Waals surface area contributed by atoms with Crippen molar-refractivity contribution in [1.82, 2.24) is 9.80 Å². The van der Waals surface area contributed by atoms with Crippen molar-refractivity contribution in [3.63, 3.8) is 0 Å². The fourth-order valence-corrected chi connectivity index (χ4v) is 5.77. The van der Waals surface area contributed by atoms with Crippen LogP contribution in [0.15, 0.2) is 24.3 Å². The number of hydrogen-bond donors (Lipinski definition) is 2. The summed E-state index contributed by atoms with van der Waals surface area (Å²) in [6.45, 7) is 2.35. The third kappa shape index (κ3) is 5.55. The Morgan fingerprint density at radius 2 is 1.76 bits per heavy atom. The van der Waals surface area contributed by atoms with Crippen LogP contribution in [0.25, 0.3) is 0 Å². The van der Waals surface area contributed by atoms with Crippen molar-refractivity contribution in [2.45, 2.75) is 63.5 Å². The number of Topliss-reactive ketones (excluding diaryl/α,β-unsaturated/α-hetero) is 2. The molecule has 0 spiro atoms. The first-order chi connectivity index (χ1) is 16.4. The van der Waals surface area contributed by atoms with Crippen LogP contribution in [0, 0.1) is 11.8 Å². The molecule has 2 atom stereocenters. The lowest BCUT2D eigenvalue weighted by molar-refractivity contribution is -0.142.